The first-order valence-corrected chi connectivity index (χ1v) is 12.4. The first-order valence-electron chi connectivity index (χ1n) is 12.4. The van der Waals surface area contributed by atoms with E-state index in [0.717, 1.165) is 21.5 Å². The molecule has 0 aliphatic carbocycles. The molecule has 6 heteroatoms. The molecule has 0 saturated heterocycles. The first-order chi connectivity index (χ1) is 19.1. The van der Waals surface area contributed by atoms with E-state index in [0.29, 0.717) is 29.2 Å². The van der Waals surface area contributed by atoms with Gasteiger partial charge in [0, 0.05) is 11.1 Å². The number of carbonyl (C=O) groups excluding carboxylic acids is 2. The Morgan fingerprint density at radius 2 is 1.49 bits per heavy atom. The van der Waals surface area contributed by atoms with Gasteiger partial charge in [0.2, 0.25) is 0 Å². The number of rotatable bonds is 7. The van der Waals surface area contributed by atoms with E-state index < -0.39 is 11.9 Å². The quantitative estimate of drug-likeness (QED) is 0.108. The van der Waals surface area contributed by atoms with Crippen LogP contribution < -0.4 is 14.8 Å². The zero-order chi connectivity index (χ0) is 27.2. The monoisotopic (exact) mass is 512 g/mol. The van der Waals surface area contributed by atoms with Crippen LogP contribution in [0.3, 0.4) is 0 Å². The van der Waals surface area contributed by atoms with Crippen molar-refractivity contribution in [2.24, 2.45) is 0 Å². The van der Waals surface area contributed by atoms with Crippen LogP contribution in [0, 0.1) is 11.3 Å². The molecule has 0 aliphatic rings. The first kappa shape index (κ1) is 25.2. The van der Waals surface area contributed by atoms with Crippen LogP contribution in [0.15, 0.2) is 109 Å². The summed E-state index contributed by atoms with van der Waals surface area (Å²) < 4.78 is 11.4. The average Bonchev–Trinajstić information content (AvgIpc) is 2.97. The van der Waals surface area contributed by atoms with E-state index in [9.17, 15) is 14.9 Å². The SMILES string of the molecule is CCOc1cc(/C=C(\C#N)C(=O)Nc2cccc3ccccc23)ccc1OC(=O)c1cccc2ccccc12. The minimum Gasteiger partial charge on any atom is -0.490 e. The maximum absolute atomic E-state index is 13.1. The van der Waals surface area contributed by atoms with Crippen LogP contribution in [0.1, 0.15) is 22.8 Å². The van der Waals surface area contributed by atoms with Gasteiger partial charge in [0.15, 0.2) is 11.5 Å². The molecule has 0 spiro atoms. The lowest BCUT2D eigenvalue weighted by Gasteiger charge is -2.13. The molecule has 39 heavy (non-hydrogen) atoms. The number of nitrogens with zero attached hydrogens (tertiary/aromatic N) is 1. The lowest BCUT2D eigenvalue weighted by Crippen LogP contribution is -2.13. The molecule has 0 atom stereocenters. The molecule has 0 bridgehead atoms. The van der Waals surface area contributed by atoms with Crippen molar-refractivity contribution < 1.29 is 19.1 Å². The summed E-state index contributed by atoms with van der Waals surface area (Å²) in [7, 11) is 0. The fourth-order valence-corrected chi connectivity index (χ4v) is 4.36. The fraction of sp³-hybridized carbons (Fsp3) is 0.0606. The number of fused-ring (bicyclic) bond motifs is 2. The number of benzene rings is 5. The van der Waals surface area contributed by atoms with Crippen molar-refractivity contribution in [3.05, 3.63) is 120 Å². The summed E-state index contributed by atoms with van der Waals surface area (Å²) >= 11 is 0. The van der Waals surface area contributed by atoms with Crippen LogP contribution in [0.5, 0.6) is 11.5 Å². The second-order valence-electron chi connectivity index (χ2n) is 8.71. The molecular formula is C33H24N2O4. The number of carbonyl (C=O) groups is 2. The lowest BCUT2D eigenvalue weighted by molar-refractivity contribution is -0.112. The normalized spacial score (nSPS) is 11.1. The average molecular weight is 513 g/mol. The highest BCUT2D eigenvalue weighted by Gasteiger charge is 2.17. The van der Waals surface area contributed by atoms with E-state index in [1.54, 1.807) is 30.3 Å². The van der Waals surface area contributed by atoms with Crippen molar-refractivity contribution in [3.8, 4) is 17.6 Å². The molecule has 5 rings (SSSR count). The Morgan fingerprint density at radius 1 is 0.821 bits per heavy atom. The van der Waals surface area contributed by atoms with Gasteiger partial charge in [-0.2, -0.15) is 5.26 Å². The number of anilines is 1. The van der Waals surface area contributed by atoms with Gasteiger partial charge in [-0.15, -0.1) is 0 Å². The molecule has 0 saturated carbocycles. The smallest absolute Gasteiger partial charge is 0.344 e. The van der Waals surface area contributed by atoms with Crippen LogP contribution >= 0.6 is 0 Å². The molecule has 0 aromatic heterocycles. The van der Waals surface area contributed by atoms with Crippen molar-refractivity contribution >= 4 is 45.2 Å². The summed E-state index contributed by atoms with van der Waals surface area (Å²) in [5.41, 5.74) is 1.53. The number of nitrogens with one attached hydrogen (secondary N) is 1. The maximum atomic E-state index is 13.1. The number of hydrogen-bond donors (Lipinski definition) is 1. The molecule has 0 unspecified atom stereocenters. The molecule has 1 amide bonds. The van der Waals surface area contributed by atoms with Crippen LogP contribution in [-0.4, -0.2) is 18.5 Å². The summed E-state index contributed by atoms with van der Waals surface area (Å²) in [5, 5.41) is 16.1. The second kappa shape index (κ2) is 11.3. The largest absolute Gasteiger partial charge is 0.490 e. The van der Waals surface area contributed by atoms with Crippen molar-refractivity contribution in [3.63, 3.8) is 0 Å². The number of hydrogen-bond acceptors (Lipinski definition) is 5. The van der Waals surface area contributed by atoms with Crippen molar-refractivity contribution in [2.45, 2.75) is 6.92 Å². The molecule has 0 radical (unpaired) electrons. The Labute approximate surface area is 225 Å². The van der Waals surface area contributed by atoms with Crippen molar-refractivity contribution in [2.75, 3.05) is 11.9 Å². The van der Waals surface area contributed by atoms with Gasteiger partial charge in [-0.3, -0.25) is 4.79 Å². The summed E-state index contributed by atoms with van der Waals surface area (Å²) in [6.45, 7) is 2.15. The molecule has 0 aliphatic heterocycles. The maximum Gasteiger partial charge on any atom is 0.344 e. The zero-order valence-corrected chi connectivity index (χ0v) is 21.2. The Kier molecular flexibility index (Phi) is 7.33. The number of esters is 1. The third-order valence-electron chi connectivity index (χ3n) is 6.19. The van der Waals surface area contributed by atoms with Gasteiger partial charge in [0.1, 0.15) is 11.6 Å². The predicted molar refractivity (Wildman–Crippen MR) is 153 cm³/mol. The van der Waals surface area contributed by atoms with Gasteiger partial charge < -0.3 is 14.8 Å². The van der Waals surface area contributed by atoms with Crippen LogP contribution in [0.4, 0.5) is 5.69 Å². The van der Waals surface area contributed by atoms with E-state index in [4.69, 9.17) is 9.47 Å². The highest BCUT2D eigenvalue weighted by molar-refractivity contribution is 6.13. The molecule has 5 aromatic rings. The van der Waals surface area contributed by atoms with Crippen molar-refractivity contribution in [1.82, 2.24) is 0 Å². The number of ether oxygens (including phenoxy) is 2. The summed E-state index contributed by atoms with van der Waals surface area (Å²) in [5.74, 6) is -0.473. The van der Waals surface area contributed by atoms with Gasteiger partial charge in [0.05, 0.1) is 12.2 Å². The Hall–Kier alpha value is -5.41. The van der Waals surface area contributed by atoms with Gasteiger partial charge in [0.25, 0.3) is 5.91 Å². The van der Waals surface area contributed by atoms with E-state index in [1.807, 2.05) is 85.8 Å². The van der Waals surface area contributed by atoms with Gasteiger partial charge in [-0.25, -0.2) is 4.79 Å². The molecule has 0 fully saturated rings. The highest BCUT2D eigenvalue weighted by Crippen LogP contribution is 2.31. The minimum atomic E-state index is -0.529. The molecular weight excluding hydrogens is 488 g/mol. The Balaban J connectivity index is 1.40. The van der Waals surface area contributed by atoms with Crippen LogP contribution in [0.25, 0.3) is 27.6 Å². The van der Waals surface area contributed by atoms with Gasteiger partial charge in [-0.1, -0.05) is 78.9 Å². The molecule has 5 aromatic carbocycles. The number of nitriles is 1. The van der Waals surface area contributed by atoms with Crippen LogP contribution in [0.2, 0.25) is 0 Å². The van der Waals surface area contributed by atoms with Gasteiger partial charge in [-0.05, 0) is 59.0 Å². The zero-order valence-electron chi connectivity index (χ0n) is 21.2. The third-order valence-corrected chi connectivity index (χ3v) is 6.19. The van der Waals surface area contributed by atoms with E-state index in [2.05, 4.69) is 5.32 Å². The third kappa shape index (κ3) is 5.48. The van der Waals surface area contributed by atoms with E-state index in [-0.39, 0.29) is 11.3 Å². The molecule has 190 valence electrons. The van der Waals surface area contributed by atoms with Crippen molar-refractivity contribution in [1.29, 1.82) is 5.26 Å². The summed E-state index contributed by atoms with van der Waals surface area (Å²) in [4.78, 5) is 26.0. The lowest BCUT2D eigenvalue weighted by atomic mass is 10.0. The molecule has 6 nitrogen and oxygen atoms in total. The molecule has 1 N–H and O–H groups in total. The van der Waals surface area contributed by atoms with E-state index in [1.165, 1.54) is 6.08 Å². The van der Waals surface area contributed by atoms with E-state index >= 15 is 0 Å². The standard InChI is InChI=1S/C33H24N2O4/c1-2-38-31-20-22(17-18-30(31)39-33(37)28-15-7-11-23-9-3-5-13-26(23)28)19-25(21-34)32(36)35-29-16-8-12-24-10-4-6-14-27(24)29/h3-20H,2H2,1H3,(H,35,36)/b25-19+. The summed E-state index contributed by atoms with van der Waals surface area (Å²) in [6.07, 6.45) is 1.47. The topological polar surface area (TPSA) is 88.4 Å². The summed E-state index contributed by atoms with van der Waals surface area (Å²) in [6, 6.07) is 33.2. The van der Waals surface area contributed by atoms with Crippen LogP contribution in [-0.2, 0) is 4.79 Å². The predicted octanol–water partition coefficient (Wildman–Crippen LogP) is 7.16. The Bertz CT molecular complexity index is 1770. The Morgan fingerprint density at radius 3 is 2.23 bits per heavy atom. The van der Waals surface area contributed by atoms with Gasteiger partial charge >= 0.3 is 5.97 Å². The number of amides is 1. The highest BCUT2D eigenvalue weighted by atomic mass is 16.6. The fourth-order valence-electron chi connectivity index (χ4n) is 4.36. The minimum absolute atomic E-state index is 0.0779. The second-order valence-corrected chi connectivity index (χ2v) is 8.71. The molecule has 0 heterocycles.